The van der Waals surface area contributed by atoms with Crippen LogP contribution in [-0.2, 0) is 0 Å². The van der Waals surface area contributed by atoms with Gasteiger partial charge in [0.2, 0.25) is 5.96 Å². The maximum atomic E-state index is 7.81. The number of nitrogen functional groups attached to an aromatic ring is 2. The highest BCUT2D eigenvalue weighted by atomic mass is 35.5. The van der Waals surface area contributed by atoms with Crippen LogP contribution in [0.4, 0.5) is 11.4 Å². The fourth-order valence-corrected chi connectivity index (χ4v) is 2.23. The molecule has 0 bridgehead atoms. The van der Waals surface area contributed by atoms with E-state index in [0.29, 0.717) is 36.1 Å². The van der Waals surface area contributed by atoms with Gasteiger partial charge in [0.15, 0.2) is 0 Å². The van der Waals surface area contributed by atoms with Crippen molar-refractivity contribution >= 4 is 42.2 Å². The van der Waals surface area contributed by atoms with Gasteiger partial charge in [0, 0.05) is 34.6 Å². The SMILES string of the molecule is CCOc1cc(N)ccc1C=NNC(=N)NN=Cc1ccc(N)cc1OCC.Cl. The summed E-state index contributed by atoms with van der Waals surface area (Å²) in [5.74, 6) is 1.14. The van der Waals surface area contributed by atoms with Crippen molar-refractivity contribution in [1.29, 1.82) is 5.41 Å². The molecule has 0 saturated heterocycles. The number of nitrogens with zero attached hydrogens (tertiary/aromatic N) is 2. The highest BCUT2D eigenvalue weighted by molar-refractivity contribution is 5.87. The molecule has 0 heterocycles. The molecule has 0 spiro atoms. The van der Waals surface area contributed by atoms with Gasteiger partial charge < -0.3 is 20.9 Å². The lowest BCUT2D eigenvalue weighted by Gasteiger charge is -2.08. The number of rotatable bonds is 8. The Hall–Kier alpha value is -3.46. The number of halogens is 1. The van der Waals surface area contributed by atoms with E-state index >= 15 is 0 Å². The zero-order valence-electron chi connectivity index (χ0n) is 16.3. The van der Waals surface area contributed by atoms with E-state index in [1.165, 1.54) is 12.4 Å². The lowest BCUT2D eigenvalue weighted by Crippen LogP contribution is -2.29. The molecule has 7 N–H and O–H groups in total. The number of hydrogen-bond acceptors (Lipinski definition) is 7. The highest BCUT2D eigenvalue weighted by Gasteiger charge is 2.03. The summed E-state index contributed by atoms with van der Waals surface area (Å²) in [6.45, 7) is 4.80. The monoisotopic (exact) mass is 419 g/mol. The topological polar surface area (TPSA) is 143 Å². The molecular formula is C19H26ClN7O2. The molecule has 0 amide bonds. The number of guanidine groups is 1. The average molecular weight is 420 g/mol. The van der Waals surface area contributed by atoms with Crippen LogP contribution in [0.2, 0.25) is 0 Å². The van der Waals surface area contributed by atoms with E-state index in [9.17, 15) is 0 Å². The normalized spacial score (nSPS) is 10.6. The molecule has 0 atom stereocenters. The van der Waals surface area contributed by atoms with Crippen molar-refractivity contribution in [3.8, 4) is 11.5 Å². The fourth-order valence-electron chi connectivity index (χ4n) is 2.23. The second kappa shape index (κ2) is 12.1. The predicted molar refractivity (Wildman–Crippen MR) is 120 cm³/mol. The molecule has 0 unspecified atom stereocenters. The summed E-state index contributed by atoms with van der Waals surface area (Å²) in [6, 6.07) is 10.5. The van der Waals surface area contributed by atoms with Gasteiger partial charge in [-0.3, -0.25) is 5.41 Å². The first-order valence-electron chi connectivity index (χ1n) is 8.74. The minimum atomic E-state index is -0.102. The van der Waals surface area contributed by atoms with Gasteiger partial charge in [-0.25, -0.2) is 10.9 Å². The molecule has 0 aliphatic rings. The minimum Gasteiger partial charge on any atom is -0.493 e. The van der Waals surface area contributed by atoms with Crippen LogP contribution in [0.15, 0.2) is 46.6 Å². The third-order valence-corrected chi connectivity index (χ3v) is 3.43. The lowest BCUT2D eigenvalue weighted by atomic mass is 10.2. The van der Waals surface area contributed by atoms with E-state index in [2.05, 4.69) is 21.1 Å². The molecular weight excluding hydrogens is 394 g/mol. The predicted octanol–water partition coefficient (Wildman–Crippen LogP) is 2.55. The Kier molecular flexibility index (Phi) is 9.83. The van der Waals surface area contributed by atoms with Crippen molar-refractivity contribution in [1.82, 2.24) is 10.9 Å². The van der Waals surface area contributed by atoms with Crippen LogP contribution in [0.3, 0.4) is 0 Å². The van der Waals surface area contributed by atoms with Gasteiger partial charge in [-0.2, -0.15) is 10.2 Å². The third-order valence-electron chi connectivity index (χ3n) is 3.43. The number of ether oxygens (including phenoxy) is 2. The summed E-state index contributed by atoms with van der Waals surface area (Å²) in [5, 5.41) is 15.8. The van der Waals surface area contributed by atoms with Crippen molar-refractivity contribution in [3.63, 3.8) is 0 Å². The Morgan fingerprint density at radius 2 is 1.31 bits per heavy atom. The van der Waals surface area contributed by atoms with Crippen LogP contribution in [-0.4, -0.2) is 31.6 Å². The largest absolute Gasteiger partial charge is 0.493 e. The molecule has 9 nitrogen and oxygen atoms in total. The molecule has 2 rings (SSSR count). The minimum absolute atomic E-state index is 0. The number of hydrazone groups is 2. The molecule has 156 valence electrons. The lowest BCUT2D eigenvalue weighted by molar-refractivity contribution is 0.340. The number of benzene rings is 2. The van der Waals surface area contributed by atoms with E-state index in [1.807, 2.05) is 13.8 Å². The number of anilines is 2. The second-order valence-electron chi connectivity index (χ2n) is 5.58. The molecule has 2 aromatic rings. The van der Waals surface area contributed by atoms with E-state index in [1.54, 1.807) is 36.4 Å². The summed E-state index contributed by atoms with van der Waals surface area (Å²) in [6.07, 6.45) is 3.08. The summed E-state index contributed by atoms with van der Waals surface area (Å²) < 4.78 is 11.0. The Morgan fingerprint density at radius 1 is 0.897 bits per heavy atom. The molecule has 10 heteroatoms. The van der Waals surface area contributed by atoms with Crippen molar-refractivity contribution in [2.24, 2.45) is 10.2 Å². The number of hydrogen-bond donors (Lipinski definition) is 5. The third kappa shape index (κ3) is 7.59. The Bertz CT molecular complexity index is 802. The smallest absolute Gasteiger partial charge is 0.230 e. The van der Waals surface area contributed by atoms with Crippen molar-refractivity contribution < 1.29 is 9.47 Å². The molecule has 29 heavy (non-hydrogen) atoms. The van der Waals surface area contributed by atoms with Gasteiger partial charge in [-0.05, 0) is 38.1 Å². The Labute approximate surface area is 176 Å². The summed E-state index contributed by atoms with van der Waals surface area (Å²) in [4.78, 5) is 0. The van der Waals surface area contributed by atoms with E-state index in [4.69, 9.17) is 26.4 Å². The van der Waals surface area contributed by atoms with Crippen LogP contribution in [0.25, 0.3) is 0 Å². The molecule has 0 fully saturated rings. The summed E-state index contributed by atoms with van der Waals surface area (Å²) in [7, 11) is 0. The molecule has 0 aromatic heterocycles. The zero-order chi connectivity index (χ0) is 20.4. The second-order valence-corrected chi connectivity index (χ2v) is 5.58. The van der Waals surface area contributed by atoms with Gasteiger partial charge in [-0.1, -0.05) is 0 Å². The van der Waals surface area contributed by atoms with Crippen LogP contribution >= 0.6 is 12.4 Å². The van der Waals surface area contributed by atoms with Crippen molar-refractivity contribution in [2.45, 2.75) is 13.8 Å². The van der Waals surface area contributed by atoms with Crippen LogP contribution < -0.4 is 31.8 Å². The van der Waals surface area contributed by atoms with Crippen LogP contribution in [0, 0.1) is 5.41 Å². The van der Waals surface area contributed by atoms with Gasteiger partial charge in [0.05, 0.1) is 25.6 Å². The standard InChI is InChI=1S/C19H25N7O2.ClH/c1-3-27-17-9-15(20)7-5-13(17)11-23-25-19(22)26-24-12-14-6-8-16(21)10-18(14)28-4-2;/h5-12H,3-4,20-21H2,1-2H3,(H3,22,25,26);1H. The fraction of sp³-hybridized carbons (Fsp3) is 0.211. The zero-order valence-corrected chi connectivity index (χ0v) is 17.1. The molecule has 0 radical (unpaired) electrons. The number of nitrogens with one attached hydrogen (secondary N) is 3. The summed E-state index contributed by atoms with van der Waals surface area (Å²) >= 11 is 0. The van der Waals surface area contributed by atoms with Crippen molar-refractivity contribution in [3.05, 3.63) is 47.5 Å². The highest BCUT2D eigenvalue weighted by Crippen LogP contribution is 2.21. The molecule has 0 aliphatic carbocycles. The summed E-state index contributed by atoms with van der Waals surface area (Å²) in [5.41, 5.74) is 19.3. The first-order chi connectivity index (χ1) is 13.5. The van der Waals surface area contributed by atoms with E-state index in [0.717, 1.165) is 11.1 Å². The van der Waals surface area contributed by atoms with Gasteiger partial charge in [0.1, 0.15) is 11.5 Å². The average Bonchev–Trinajstić information content (AvgIpc) is 2.66. The molecule has 0 saturated carbocycles. The number of nitrogens with two attached hydrogens (primary N) is 2. The maximum absolute atomic E-state index is 7.81. The Balaban J connectivity index is 0.00000420. The first-order valence-corrected chi connectivity index (χ1v) is 8.74. The Morgan fingerprint density at radius 3 is 1.69 bits per heavy atom. The molecule has 2 aromatic carbocycles. The van der Waals surface area contributed by atoms with Gasteiger partial charge >= 0.3 is 0 Å². The van der Waals surface area contributed by atoms with Crippen molar-refractivity contribution in [2.75, 3.05) is 24.7 Å². The van der Waals surface area contributed by atoms with Crippen LogP contribution in [0.1, 0.15) is 25.0 Å². The van der Waals surface area contributed by atoms with E-state index < -0.39 is 0 Å². The van der Waals surface area contributed by atoms with Crippen LogP contribution in [0.5, 0.6) is 11.5 Å². The maximum Gasteiger partial charge on any atom is 0.230 e. The quantitative estimate of drug-likeness (QED) is 0.192. The van der Waals surface area contributed by atoms with Gasteiger partial charge in [-0.15, -0.1) is 12.4 Å². The van der Waals surface area contributed by atoms with E-state index in [-0.39, 0.29) is 18.4 Å². The van der Waals surface area contributed by atoms with Gasteiger partial charge in [0.25, 0.3) is 0 Å². The first kappa shape index (κ1) is 23.6. The molecule has 0 aliphatic heterocycles.